The van der Waals surface area contributed by atoms with Gasteiger partial charge in [-0.1, -0.05) is 42.5 Å². The topological polar surface area (TPSA) is 66.5 Å². The molecule has 0 aliphatic heterocycles. The van der Waals surface area contributed by atoms with Gasteiger partial charge in [0.2, 0.25) is 15.9 Å². The van der Waals surface area contributed by atoms with E-state index in [1.807, 2.05) is 26.8 Å². The molecule has 2 atom stereocenters. The third-order valence-corrected chi connectivity index (χ3v) is 6.22. The Bertz CT molecular complexity index is 924. The number of amides is 1. The van der Waals surface area contributed by atoms with Crippen molar-refractivity contribution in [1.82, 2.24) is 9.62 Å². The summed E-state index contributed by atoms with van der Waals surface area (Å²) >= 11 is 0. The molecule has 0 radical (unpaired) electrons. The fourth-order valence-electron chi connectivity index (χ4n) is 3.17. The number of carbonyl (C=O) groups excluding carboxylic acids is 1. The molecule has 0 aliphatic rings. The van der Waals surface area contributed by atoms with Crippen LogP contribution in [0.5, 0.6) is 0 Å². The number of benzene rings is 2. The van der Waals surface area contributed by atoms with Crippen LogP contribution in [0.1, 0.15) is 46.8 Å². The van der Waals surface area contributed by atoms with Crippen molar-refractivity contribution in [2.24, 2.45) is 0 Å². The number of hydrogen-bond acceptors (Lipinski definition) is 3. The number of likely N-dealkylation sites (N-methyl/N-ethyl adjacent to an activating group) is 1. The molecule has 0 aliphatic carbocycles. The quantitative estimate of drug-likeness (QED) is 0.824. The van der Waals surface area contributed by atoms with E-state index >= 15 is 0 Å². The zero-order valence-electron chi connectivity index (χ0n) is 16.8. The fraction of sp³-hybridized carbons (Fsp3) is 0.381. The number of nitrogens with one attached hydrogen (secondary N) is 1. The van der Waals surface area contributed by atoms with Crippen molar-refractivity contribution < 1.29 is 13.2 Å². The van der Waals surface area contributed by atoms with E-state index < -0.39 is 16.1 Å². The average molecular weight is 389 g/mol. The average Bonchev–Trinajstić information content (AvgIpc) is 2.58. The van der Waals surface area contributed by atoms with Gasteiger partial charge in [-0.15, -0.1) is 0 Å². The lowest BCUT2D eigenvalue weighted by Crippen LogP contribution is -2.42. The summed E-state index contributed by atoms with van der Waals surface area (Å²) in [5.74, 6) is -0.348. The number of nitrogens with zero attached hydrogens (tertiary/aromatic N) is 1. The largest absolute Gasteiger partial charge is 0.348 e. The molecule has 1 amide bonds. The third-order valence-electron chi connectivity index (χ3n) is 4.96. The van der Waals surface area contributed by atoms with E-state index in [1.54, 1.807) is 24.3 Å². The Morgan fingerprint density at radius 2 is 1.56 bits per heavy atom. The van der Waals surface area contributed by atoms with E-state index in [0.717, 1.165) is 27.3 Å². The van der Waals surface area contributed by atoms with Crippen molar-refractivity contribution in [3.05, 3.63) is 70.3 Å². The molecule has 2 aromatic carbocycles. The highest BCUT2D eigenvalue weighted by atomic mass is 32.2. The Morgan fingerprint density at radius 1 is 1.00 bits per heavy atom. The van der Waals surface area contributed by atoms with Crippen molar-refractivity contribution in [1.29, 1.82) is 0 Å². The van der Waals surface area contributed by atoms with Crippen molar-refractivity contribution >= 4 is 15.9 Å². The predicted octanol–water partition coefficient (Wildman–Crippen LogP) is 3.42. The minimum Gasteiger partial charge on any atom is -0.348 e. The van der Waals surface area contributed by atoms with Crippen LogP contribution in [0.2, 0.25) is 0 Å². The second-order valence-corrected chi connectivity index (χ2v) is 9.16. The maximum Gasteiger partial charge on any atom is 0.243 e. The number of rotatable bonds is 6. The van der Waals surface area contributed by atoms with Crippen LogP contribution in [0.4, 0.5) is 0 Å². The van der Waals surface area contributed by atoms with E-state index in [2.05, 4.69) is 24.4 Å². The molecule has 0 heterocycles. The second-order valence-electron chi connectivity index (χ2n) is 7.12. The lowest BCUT2D eigenvalue weighted by atomic mass is 9.96. The maximum absolute atomic E-state index is 13.1. The summed E-state index contributed by atoms with van der Waals surface area (Å²) in [6.07, 6.45) is 1.10. The molecule has 0 saturated carbocycles. The molecule has 0 spiro atoms. The first kappa shape index (κ1) is 21.1. The van der Waals surface area contributed by atoms with Crippen LogP contribution >= 0.6 is 0 Å². The van der Waals surface area contributed by atoms with Crippen LogP contribution in [-0.4, -0.2) is 31.9 Å². The molecule has 27 heavy (non-hydrogen) atoms. The summed E-state index contributed by atoms with van der Waals surface area (Å²) in [4.78, 5) is 13.1. The van der Waals surface area contributed by atoms with Gasteiger partial charge in [-0.25, -0.2) is 8.42 Å². The molecule has 0 unspecified atom stereocenters. The van der Waals surface area contributed by atoms with E-state index in [4.69, 9.17) is 0 Å². The minimum atomic E-state index is -3.54. The molecule has 1 N–H and O–H groups in total. The van der Waals surface area contributed by atoms with Crippen LogP contribution in [0, 0.1) is 20.8 Å². The second kappa shape index (κ2) is 8.23. The monoisotopic (exact) mass is 388 g/mol. The lowest BCUT2D eigenvalue weighted by Gasteiger charge is -2.28. The van der Waals surface area contributed by atoms with Gasteiger partial charge in [0.25, 0.3) is 0 Å². The lowest BCUT2D eigenvalue weighted by molar-refractivity contribution is -0.125. The highest BCUT2D eigenvalue weighted by Gasteiger charge is 2.31. The number of hydrogen-bond donors (Lipinski definition) is 1. The summed E-state index contributed by atoms with van der Waals surface area (Å²) in [6.45, 7) is 8.03. The minimum absolute atomic E-state index is 0.240. The SMILES string of the molecule is Cc1cc(C)c([C@H](C)NC(=O)[C@H](c2ccccc2)N(C)S(C)(=O)=O)cc1C. The number of sulfonamides is 1. The number of aryl methyl sites for hydroxylation is 3. The van der Waals surface area contributed by atoms with Crippen molar-refractivity contribution in [2.75, 3.05) is 13.3 Å². The standard InChI is InChI=1S/C21H28N2O3S/c1-14-12-16(3)19(13-15(14)2)17(4)22-21(24)20(23(5)27(6,25)26)18-10-8-7-9-11-18/h7-13,17,20H,1-6H3,(H,22,24)/t17-,20-/m0/s1. The maximum atomic E-state index is 13.1. The van der Waals surface area contributed by atoms with Crippen LogP contribution in [0.15, 0.2) is 42.5 Å². The van der Waals surface area contributed by atoms with E-state index in [-0.39, 0.29) is 11.9 Å². The molecule has 0 fully saturated rings. The Labute approximate surface area is 162 Å². The predicted molar refractivity (Wildman–Crippen MR) is 109 cm³/mol. The van der Waals surface area contributed by atoms with Crippen molar-refractivity contribution in [3.63, 3.8) is 0 Å². The molecule has 5 nitrogen and oxygen atoms in total. The Hall–Kier alpha value is -2.18. The summed E-state index contributed by atoms with van der Waals surface area (Å²) < 4.78 is 25.3. The Morgan fingerprint density at radius 3 is 2.11 bits per heavy atom. The van der Waals surface area contributed by atoms with Gasteiger partial charge in [0, 0.05) is 7.05 Å². The van der Waals surface area contributed by atoms with E-state index in [9.17, 15) is 13.2 Å². The van der Waals surface area contributed by atoms with Gasteiger partial charge in [-0.3, -0.25) is 4.79 Å². The highest BCUT2D eigenvalue weighted by molar-refractivity contribution is 7.88. The molecule has 0 aromatic heterocycles. The molecule has 6 heteroatoms. The summed E-state index contributed by atoms with van der Waals surface area (Å²) in [7, 11) is -2.11. The summed E-state index contributed by atoms with van der Waals surface area (Å²) in [5, 5.41) is 2.99. The van der Waals surface area contributed by atoms with Crippen molar-refractivity contribution in [2.45, 2.75) is 39.8 Å². The van der Waals surface area contributed by atoms with Crippen LogP contribution in [-0.2, 0) is 14.8 Å². The Balaban J connectivity index is 2.35. The zero-order chi connectivity index (χ0) is 20.4. The molecular formula is C21H28N2O3S. The molecule has 0 bridgehead atoms. The van der Waals surface area contributed by atoms with Gasteiger partial charge in [-0.2, -0.15) is 4.31 Å². The van der Waals surface area contributed by atoms with Gasteiger partial charge < -0.3 is 5.32 Å². The first-order valence-corrected chi connectivity index (χ1v) is 10.7. The van der Waals surface area contributed by atoms with E-state index in [0.29, 0.717) is 5.56 Å². The first-order valence-electron chi connectivity index (χ1n) is 8.88. The van der Waals surface area contributed by atoms with E-state index in [1.165, 1.54) is 12.6 Å². The summed E-state index contributed by atoms with van der Waals surface area (Å²) in [6, 6.07) is 12.0. The third kappa shape index (κ3) is 4.96. The van der Waals surface area contributed by atoms with Crippen LogP contribution < -0.4 is 5.32 Å². The smallest absolute Gasteiger partial charge is 0.243 e. The van der Waals surface area contributed by atoms with Gasteiger partial charge in [-0.05, 0) is 55.5 Å². The molecule has 2 aromatic rings. The number of carbonyl (C=O) groups is 1. The van der Waals surface area contributed by atoms with Gasteiger partial charge in [0.05, 0.1) is 12.3 Å². The first-order chi connectivity index (χ1) is 12.5. The molecule has 0 saturated heterocycles. The van der Waals surface area contributed by atoms with Gasteiger partial charge in [0.1, 0.15) is 6.04 Å². The van der Waals surface area contributed by atoms with Gasteiger partial charge >= 0.3 is 0 Å². The van der Waals surface area contributed by atoms with Crippen LogP contribution in [0.3, 0.4) is 0 Å². The molecular weight excluding hydrogens is 360 g/mol. The zero-order valence-corrected chi connectivity index (χ0v) is 17.6. The molecule has 2 rings (SSSR count). The van der Waals surface area contributed by atoms with Gasteiger partial charge in [0.15, 0.2) is 0 Å². The summed E-state index contributed by atoms with van der Waals surface area (Å²) in [5.41, 5.74) is 5.11. The highest BCUT2D eigenvalue weighted by Crippen LogP contribution is 2.25. The molecule has 146 valence electrons. The fourth-order valence-corrected chi connectivity index (χ4v) is 3.77. The normalized spacial score (nSPS) is 14.0. The van der Waals surface area contributed by atoms with Crippen LogP contribution in [0.25, 0.3) is 0 Å². The van der Waals surface area contributed by atoms with Crippen molar-refractivity contribution in [3.8, 4) is 0 Å². The Kier molecular flexibility index (Phi) is 6.44.